The van der Waals surface area contributed by atoms with E-state index in [9.17, 15) is 0 Å². The fourth-order valence-electron chi connectivity index (χ4n) is 1.59. The van der Waals surface area contributed by atoms with Crippen molar-refractivity contribution in [2.24, 2.45) is 5.73 Å². The predicted molar refractivity (Wildman–Crippen MR) is 75.0 cm³/mol. The maximum Gasteiger partial charge on any atom is 0.122 e. The van der Waals surface area contributed by atoms with Gasteiger partial charge in [0, 0.05) is 19.1 Å². The average molecular weight is 259 g/mol. The van der Waals surface area contributed by atoms with Gasteiger partial charge >= 0.3 is 0 Å². The van der Waals surface area contributed by atoms with Crippen molar-refractivity contribution in [3.8, 4) is 5.75 Å². The predicted octanol–water partition coefficient (Wildman–Crippen LogP) is 2.20. The molecule has 0 saturated heterocycles. The molecule has 98 valence electrons. The summed E-state index contributed by atoms with van der Waals surface area (Å²) in [6.45, 7) is 5.76. The molecule has 1 atom stereocenters. The first-order valence-corrected chi connectivity index (χ1v) is 5.62. The van der Waals surface area contributed by atoms with E-state index in [0.717, 1.165) is 12.3 Å². The zero-order chi connectivity index (χ0) is 12.1. The molecule has 0 aliphatic rings. The van der Waals surface area contributed by atoms with Crippen LogP contribution in [0.3, 0.4) is 0 Å². The van der Waals surface area contributed by atoms with Gasteiger partial charge in [-0.3, -0.25) is 4.90 Å². The largest absolute Gasteiger partial charge is 0.496 e. The summed E-state index contributed by atoms with van der Waals surface area (Å²) in [7, 11) is 3.79. The number of aryl methyl sites for hydroxylation is 1. The second kappa shape index (κ2) is 7.54. The van der Waals surface area contributed by atoms with Crippen molar-refractivity contribution < 1.29 is 4.74 Å². The maximum atomic E-state index is 5.64. The zero-order valence-electron chi connectivity index (χ0n) is 11.1. The summed E-state index contributed by atoms with van der Waals surface area (Å²) in [5.74, 6) is 0.950. The molecule has 17 heavy (non-hydrogen) atoms. The van der Waals surface area contributed by atoms with Gasteiger partial charge in [0.05, 0.1) is 7.11 Å². The third-order valence-electron chi connectivity index (χ3n) is 3.00. The molecule has 1 unspecified atom stereocenters. The Labute approximate surface area is 110 Å². The van der Waals surface area contributed by atoms with E-state index in [1.54, 1.807) is 7.11 Å². The molecule has 3 nitrogen and oxygen atoms in total. The first kappa shape index (κ1) is 16.2. The summed E-state index contributed by atoms with van der Waals surface area (Å²) in [6.07, 6.45) is 0. The molecule has 0 amide bonds. The molecule has 0 aliphatic heterocycles. The molecule has 0 heterocycles. The van der Waals surface area contributed by atoms with Gasteiger partial charge in [0.25, 0.3) is 0 Å². The van der Waals surface area contributed by atoms with E-state index in [1.165, 1.54) is 11.1 Å². The first-order chi connectivity index (χ1) is 7.58. The molecule has 0 bridgehead atoms. The molecule has 0 fully saturated rings. The van der Waals surface area contributed by atoms with Gasteiger partial charge in [0.1, 0.15) is 5.75 Å². The number of rotatable bonds is 5. The third kappa shape index (κ3) is 4.54. The molecule has 0 radical (unpaired) electrons. The monoisotopic (exact) mass is 258 g/mol. The van der Waals surface area contributed by atoms with E-state index in [1.807, 2.05) is 0 Å². The van der Waals surface area contributed by atoms with Crippen LogP contribution in [-0.2, 0) is 6.54 Å². The minimum Gasteiger partial charge on any atom is -0.496 e. The van der Waals surface area contributed by atoms with Crippen LogP contribution >= 0.6 is 12.4 Å². The number of benzene rings is 1. The van der Waals surface area contributed by atoms with E-state index in [0.29, 0.717) is 12.6 Å². The summed E-state index contributed by atoms with van der Waals surface area (Å²) >= 11 is 0. The van der Waals surface area contributed by atoms with Crippen molar-refractivity contribution in [3.05, 3.63) is 29.3 Å². The molecule has 1 aromatic rings. The average Bonchev–Trinajstić information content (AvgIpc) is 2.30. The second-order valence-electron chi connectivity index (χ2n) is 4.30. The molecule has 0 aromatic heterocycles. The van der Waals surface area contributed by atoms with E-state index in [4.69, 9.17) is 10.5 Å². The lowest BCUT2D eigenvalue weighted by molar-refractivity contribution is 0.254. The normalized spacial score (nSPS) is 12.1. The molecular formula is C13H23ClN2O. The fourth-order valence-corrected chi connectivity index (χ4v) is 1.59. The highest BCUT2D eigenvalue weighted by atomic mass is 35.5. The van der Waals surface area contributed by atoms with Gasteiger partial charge in [-0.2, -0.15) is 0 Å². The van der Waals surface area contributed by atoms with Crippen molar-refractivity contribution in [2.45, 2.75) is 26.4 Å². The van der Waals surface area contributed by atoms with Crippen LogP contribution in [0.4, 0.5) is 0 Å². The van der Waals surface area contributed by atoms with E-state index in [2.05, 4.69) is 44.0 Å². The number of nitrogens with two attached hydrogens (primary N) is 1. The molecule has 0 aliphatic carbocycles. The second-order valence-corrected chi connectivity index (χ2v) is 4.30. The molecule has 1 rings (SSSR count). The quantitative estimate of drug-likeness (QED) is 0.880. The summed E-state index contributed by atoms with van der Waals surface area (Å²) < 4.78 is 5.31. The zero-order valence-corrected chi connectivity index (χ0v) is 11.9. The van der Waals surface area contributed by atoms with Gasteiger partial charge in [-0.15, -0.1) is 12.4 Å². The smallest absolute Gasteiger partial charge is 0.122 e. The minimum absolute atomic E-state index is 0. The summed E-state index contributed by atoms with van der Waals surface area (Å²) in [4.78, 5) is 2.24. The Balaban J connectivity index is 0.00000256. The standard InChI is InChI=1S/C13H22N2O.ClH/c1-10-5-6-12(7-13(10)16-4)9-15(3)11(2)8-14;/h5-7,11H,8-9,14H2,1-4H3;1H. The highest BCUT2D eigenvalue weighted by molar-refractivity contribution is 5.85. The number of halogens is 1. The van der Waals surface area contributed by atoms with Crippen LogP contribution in [0.5, 0.6) is 5.75 Å². The Kier molecular flexibility index (Phi) is 7.19. The Morgan fingerprint density at radius 1 is 1.41 bits per heavy atom. The Morgan fingerprint density at radius 3 is 2.59 bits per heavy atom. The molecule has 1 aromatic carbocycles. The van der Waals surface area contributed by atoms with Crippen LogP contribution in [0.2, 0.25) is 0 Å². The maximum absolute atomic E-state index is 5.64. The van der Waals surface area contributed by atoms with E-state index < -0.39 is 0 Å². The highest BCUT2D eigenvalue weighted by Crippen LogP contribution is 2.20. The molecule has 0 spiro atoms. The van der Waals surface area contributed by atoms with Gasteiger partial charge in [-0.1, -0.05) is 12.1 Å². The number of nitrogens with zero attached hydrogens (tertiary/aromatic N) is 1. The Bertz CT molecular complexity index is 344. The van der Waals surface area contributed by atoms with Crippen molar-refractivity contribution in [1.29, 1.82) is 0 Å². The van der Waals surface area contributed by atoms with Crippen molar-refractivity contribution in [2.75, 3.05) is 20.7 Å². The van der Waals surface area contributed by atoms with Gasteiger partial charge in [0.15, 0.2) is 0 Å². The highest BCUT2D eigenvalue weighted by Gasteiger charge is 2.08. The lowest BCUT2D eigenvalue weighted by Crippen LogP contribution is -2.34. The number of hydrogen-bond donors (Lipinski definition) is 1. The third-order valence-corrected chi connectivity index (χ3v) is 3.00. The lowest BCUT2D eigenvalue weighted by atomic mass is 10.1. The van der Waals surface area contributed by atoms with Crippen LogP contribution in [0.25, 0.3) is 0 Å². The fraction of sp³-hybridized carbons (Fsp3) is 0.538. The first-order valence-electron chi connectivity index (χ1n) is 5.62. The molecular weight excluding hydrogens is 236 g/mol. The van der Waals surface area contributed by atoms with Crippen LogP contribution in [0.1, 0.15) is 18.1 Å². The van der Waals surface area contributed by atoms with Gasteiger partial charge in [-0.25, -0.2) is 0 Å². The SMILES string of the molecule is COc1cc(CN(C)C(C)CN)ccc1C.Cl. The molecule has 0 saturated carbocycles. The topological polar surface area (TPSA) is 38.5 Å². The van der Waals surface area contributed by atoms with Crippen LogP contribution in [0.15, 0.2) is 18.2 Å². The van der Waals surface area contributed by atoms with Crippen molar-refractivity contribution >= 4 is 12.4 Å². The summed E-state index contributed by atoms with van der Waals surface area (Å²) in [5, 5.41) is 0. The summed E-state index contributed by atoms with van der Waals surface area (Å²) in [6, 6.07) is 6.72. The van der Waals surface area contributed by atoms with Crippen LogP contribution in [0, 0.1) is 6.92 Å². The minimum atomic E-state index is 0. The molecule has 2 N–H and O–H groups in total. The number of ether oxygens (including phenoxy) is 1. The van der Waals surface area contributed by atoms with Gasteiger partial charge in [-0.05, 0) is 38.1 Å². The number of hydrogen-bond acceptors (Lipinski definition) is 3. The number of methoxy groups -OCH3 is 1. The van der Waals surface area contributed by atoms with Gasteiger partial charge in [0.2, 0.25) is 0 Å². The number of likely N-dealkylation sites (N-methyl/N-ethyl adjacent to an activating group) is 1. The van der Waals surface area contributed by atoms with Gasteiger partial charge < -0.3 is 10.5 Å². The van der Waals surface area contributed by atoms with Crippen molar-refractivity contribution in [1.82, 2.24) is 4.90 Å². The lowest BCUT2D eigenvalue weighted by Gasteiger charge is -2.23. The molecule has 4 heteroatoms. The Morgan fingerprint density at radius 2 is 2.06 bits per heavy atom. The Hall–Kier alpha value is -0.770. The summed E-state index contributed by atoms with van der Waals surface area (Å²) in [5.41, 5.74) is 8.06. The van der Waals surface area contributed by atoms with Crippen molar-refractivity contribution in [3.63, 3.8) is 0 Å². The van der Waals surface area contributed by atoms with E-state index in [-0.39, 0.29) is 12.4 Å². The van der Waals surface area contributed by atoms with E-state index >= 15 is 0 Å². The van der Waals surface area contributed by atoms with Crippen LogP contribution in [-0.4, -0.2) is 31.6 Å². The van der Waals surface area contributed by atoms with Crippen LogP contribution < -0.4 is 10.5 Å².